The highest BCUT2D eigenvalue weighted by Gasteiger charge is 2.06. The molecule has 0 bridgehead atoms. The molecule has 0 amide bonds. The highest BCUT2D eigenvalue weighted by Crippen LogP contribution is 2.28. The van der Waals surface area contributed by atoms with Crippen LogP contribution in [0, 0.1) is 6.92 Å². The number of nitrogens with one attached hydrogen (secondary N) is 1. The van der Waals surface area contributed by atoms with Gasteiger partial charge in [-0.1, -0.05) is 35.9 Å². The maximum absolute atomic E-state index is 5.92. The van der Waals surface area contributed by atoms with E-state index in [1.165, 1.54) is 11.1 Å². The predicted octanol–water partition coefficient (Wildman–Crippen LogP) is 4.10. The first-order chi connectivity index (χ1) is 12.2. The Morgan fingerprint density at radius 3 is 2.44 bits per heavy atom. The molecule has 2 aromatic rings. The normalized spacial score (nSPS) is 10.7. The van der Waals surface area contributed by atoms with Crippen LogP contribution in [0.15, 0.2) is 42.5 Å². The van der Waals surface area contributed by atoms with E-state index < -0.39 is 0 Å². The van der Waals surface area contributed by atoms with Crippen molar-refractivity contribution >= 4 is 0 Å². The zero-order valence-corrected chi connectivity index (χ0v) is 15.5. The Balaban J connectivity index is 1.84. The second-order valence-electron chi connectivity index (χ2n) is 5.99. The molecule has 0 aliphatic heterocycles. The Hall–Kier alpha value is -2.04. The van der Waals surface area contributed by atoms with Crippen LogP contribution in [0.4, 0.5) is 0 Å². The summed E-state index contributed by atoms with van der Waals surface area (Å²) in [6.07, 6.45) is 1.02. The summed E-state index contributed by atoms with van der Waals surface area (Å²) in [7, 11) is 1.67. The minimum absolute atomic E-state index is 0.533. The first-order valence-corrected chi connectivity index (χ1v) is 8.86. The lowest BCUT2D eigenvalue weighted by atomic mass is 10.1. The lowest BCUT2D eigenvalue weighted by Gasteiger charge is -2.13. The van der Waals surface area contributed by atoms with Gasteiger partial charge < -0.3 is 19.5 Å². The summed E-state index contributed by atoms with van der Waals surface area (Å²) in [5, 5.41) is 3.42. The van der Waals surface area contributed by atoms with Crippen LogP contribution in [-0.4, -0.2) is 26.9 Å². The predicted molar refractivity (Wildman–Crippen MR) is 101 cm³/mol. The zero-order chi connectivity index (χ0) is 17.9. The van der Waals surface area contributed by atoms with Gasteiger partial charge in [-0.3, -0.25) is 0 Å². The van der Waals surface area contributed by atoms with E-state index in [2.05, 4.69) is 42.6 Å². The molecular weight excluding hydrogens is 314 g/mol. The van der Waals surface area contributed by atoms with Crippen molar-refractivity contribution in [2.75, 3.05) is 26.9 Å². The van der Waals surface area contributed by atoms with E-state index >= 15 is 0 Å². The molecule has 0 aromatic heterocycles. The SMILES string of the molecule is CCOCCCNCc1ccc(OCc2ccc(C)cc2)c(OC)c1. The molecular formula is C21H29NO3. The summed E-state index contributed by atoms with van der Waals surface area (Å²) in [6.45, 7) is 7.96. The van der Waals surface area contributed by atoms with E-state index in [0.29, 0.717) is 6.61 Å². The Labute approximate surface area is 151 Å². The van der Waals surface area contributed by atoms with E-state index in [4.69, 9.17) is 14.2 Å². The second kappa shape index (κ2) is 10.7. The third-order valence-electron chi connectivity index (χ3n) is 3.92. The molecule has 2 rings (SSSR count). The molecule has 4 nitrogen and oxygen atoms in total. The van der Waals surface area contributed by atoms with Crippen LogP contribution >= 0.6 is 0 Å². The number of ether oxygens (including phenoxy) is 3. The Bertz CT molecular complexity index is 626. The molecule has 25 heavy (non-hydrogen) atoms. The van der Waals surface area contributed by atoms with E-state index in [9.17, 15) is 0 Å². The lowest BCUT2D eigenvalue weighted by Crippen LogP contribution is -2.16. The van der Waals surface area contributed by atoms with E-state index in [1.807, 2.05) is 19.1 Å². The molecule has 0 aliphatic rings. The van der Waals surface area contributed by atoms with Crippen molar-refractivity contribution in [1.29, 1.82) is 0 Å². The summed E-state index contributed by atoms with van der Waals surface area (Å²) in [4.78, 5) is 0. The highest BCUT2D eigenvalue weighted by molar-refractivity contribution is 5.43. The minimum Gasteiger partial charge on any atom is -0.493 e. The monoisotopic (exact) mass is 343 g/mol. The molecule has 0 atom stereocenters. The molecule has 1 N–H and O–H groups in total. The van der Waals surface area contributed by atoms with Gasteiger partial charge in [-0.2, -0.15) is 0 Å². The fourth-order valence-corrected chi connectivity index (χ4v) is 2.46. The third kappa shape index (κ3) is 6.77. The summed E-state index contributed by atoms with van der Waals surface area (Å²) in [6, 6.07) is 14.4. The van der Waals surface area contributed by atoms with Crippen LogP contribution in [0.25, 0.3) is 0 Å². The van der Waals surface area contributed by atoms with Gasteiger partial charge in [0, 0.05) is 19.8 Å². The molecule has 0 spiro atoms. The average molecular weight is 343 g/mol. The Kier molecular flexibility index (Phi) is 8.29. The fourth-order valence-electron chi connectivity index (χ4n) is 2.46. The topological polar surface area (TPSA) is 39.7 Å². The highest BCUT2D eigenvalue weighted by atomic mass is 16.5. The molecule has 2 aromatic carbocycles. The molecule has 0 unspecified atom stereocenters. The number of methoxy groups -OCH3 is 1. The average Bonchev–Trinajstić information content (AvgIpc) is 2.64. The number of rotatable bonds is 11. The summed E-state index contributed by atoms with van der Waals surface area (Å²) in [5.74, 6) is 1.53. The summed E-state index contributed by atoms with van der Waals surface area (Å²) >= 11 is 0. The number of benzene rings is 2. The maximum atomic E-state index is 5.92. The van der Waals surface area contributed by atoms with E-state index in [-0.39, 0.29) is 0 Å². The molecule has 0 heterocycles. The summed E-state index contributed by atoms with van der Waals surface area (Å²) in [5.41, 5.74) is 3.57. The van der Waals surface area contributed by atoms with Crippen LogP contribution in [0.2, 0.25) is 0 Å². The van der Waals surface area contributed by atoms with Gasteiger partial charge in [0.1, 0.15) is 6.61 Å². The van der Waals surface area contributed by atoms with Crippen molar-refractivity contribution < 1.29 is 14.2 Å². The quantitative estimate of drug-likeness (QED) is 0.624. The molecule has 0 saturated carbocycles. The molecule has 136 valence electrons. The molecule has 0 saturated heterocycles. The van der Waals surface area contributed by atoms with Crippen molar-refractivity contribution in [3.8, 4) is 11.5 Å². The van der Waals surface area contributed by atoms with Crippen LogP contribution in [0.3, 0.4) is 0 Å². The van der Waals surface area contributed by atoms with Crippen LogP contribution in [0.1, 0.15) is 30.0 Å². The van der Waals surface area contributed by atoms with Crippen molar-refractivity contribution in [2.45, 2.75) is 33.4 Å². The molecule has 0 fully saturated rings. The summed E-state index contributed by atoms with van der Waals surface area (Å²) < 4.78 is 16.7. The van der Waals surface area contributed by atoms with Crippen LogP contribution < -0.4 is 14.8 Å². The third-order valence-corrected chi connectivity index (χ3v) is 3.92. The van der Waals surface area contributed by atoms with Crippen molar-refractivity contribution in [1.82, 2.24) is 5.32 Å². The first-order valence-electron chi connectivity index (χ1n) is 8.86. The minimum atomic E-state index is 0.533. The van der Waals surface area contributed by atoms with Gasteiger partial charge in [0.2, 0.25) is 0 Å². The maximum Gasteiger partial charge on any atom is 0.161 e. The smallest absolute Gasteiger partial charge is 0.161 e. The van der Waals surface area contributed by atoms with E-state index in [0.717, 1.165) is 49.8 Å². The van der Waals surface area contributed by atoms with Gasteiger partial charge in [-0.25, -0.2) is 0 Å². The molecule has 0 aliphatic carbocycles. The number of hydrogen-bond acceptors (Lipinski definition) is 4. The van der Waals surface area contributed by atoms with Crippen LogP contribution in [-0.2, 0) is 17.9 Å². The lowest BCUT2D eigenvalue weighted by molar-refractivity contribution is 0.144. The fraction of sp³-hybridized carbons (Fsp3) is 0.429. The largest absolute Gasteiger partial charge is 0.493 e. The Morgan fingerprint density at radius 1 is 0.960 bits per heavy atom. The molecule has 0 radical (unpaired) electrons. The van der Waals surface area contributed by atoms with Gasteiger partial charge in [0.05, 0.1) is 7.11 Å². The van der Waals surface area contributed by atoms with Gasteiger partial charge in [0.25, 0.3) is 0 Å². The van der Waals surface area contributed by atoms with Gasteiger partial charge >= 0.3 is 0 Å². The van der Waals surface area contributed by atoms with Crippen molar-refractivity contribution in [3.05, 3.63) is 59.2 Å². The van der Waals surface area contributed by atoms with Crippen LogP contribution in [0.5, 0.6) is 11.5 Å². The Morgan fingerprint density at radius 2 is 1.72 bits per heavy atom. The van der Waals surface area contributed by atoms with E-state index in [1.54, 1.807) is 7.11 Å². The number of aryl methyl sites for hydroxylation is 1. The standard InChI is InChI=1S/C21H29NO3/c1-4-24-13-5-12-22-15-19-10-11-20(21(14-19)23-3)25-16-18-8-6-17(2)7-9-18/h6-11,14,22H,4-5,12-13,15-16H2,1-3H3. The van der Waals surface area contributed by atoms with Crippen molar-refractivity contribution in [2.24, 2.45) is 0 Å². The second-order valence-corrected chi connectivity index (χ2v) is 5.99. The van der Waals surface area contributed by atoms with Crippen molar-refractivity contribution in [3.63, 3.8) is 0 Å². The van der Waals surface area contributed by atoms with Gasteiger partial charge in [0.15, 0.2) is 11.5 Å². The first kappa shape index (κ1) is 19.3. The molecule has 4 heteroatoms. The number of hydrogen-bond donors (Lipinski definition) is 1. The van der Waals surface area contributed by atoms with Gasteiger partial charge in [-0.15, -0.1) is 0 Å². The zero-order valence-electron chi connectivity index (χ0n) is 15.5. The van der Waals surface area contributed by atoms with Gasteiger partial charge in [-0.05, 0) is 50.1 Å².